The summed E-state index contributed by atoms with van der Waals surface area (Å²) >= 11 is 0. The van der Waals surface area contributed by atoms with Crippen molar-refractivity contribution >= 4 is 0 Å². The second-order valence-corrected chi connectivity index (χ2v) is 4.98. The molecule has 0 radical (unpaired) electrons. The van der Waals surface area contributed by atoms with Gasteiger partial charge in [-0.15, -0.1) is 0 Å². The number of aryl methyl sites for hydroxylation is 3. The monoisotopic (exact) mass is 240 g/mol. The fraction of sp³-hybridized carbons (Fsp3) is 0.294. The topological polar surface area (TPSA) is 9.23 Å². The SMILES string of the molecule is Cc1ccc(Oc2ccc(C)c(C)c2C)cc1C. The lowest BCUT2D eigenvalue weighted by Crippen LogP contribution is -1.93. The van der Waals surface area contributed by atoms with E-state index >= 15 is 0 Å². The van der Waals surface area contributed by atoms with Gasteiger partial charge in [0.15, 0.2) is 0 Å². The first-order chi connectivity index (χ1) is 8.49. The molecule has 0 aliphatic heterocycles. The van der Waals surface area contributed by atoms with Crippen LogP contribution in [0.15, 0.2) is 30.3 Å². The van der Waals surface area contributed by atoms with Crippen molar-refractivity contribution in [3.8, 4) is 11.5 Å². The van der Waals surface area contributed by atoms with Crippen LogP contribution in [0.25, 0.3) is 0 Å². The largest absolute Gasteiger partial charge is 0.457 e. The Hall–Kier alpha value is -1.76. The number of hydrogen-bond acceptors (Lipinski definition) is 1. The predicted octanol–water partition coefficient (Wildman–Crippen LogP) is 5.02. The molecule has 0 aliphatic rings. The molecular formula is C17H20O. The lowest BCUT2D eigenvalue weighted by Gasteiger charge is -2.13. The van der Waals surface area contributed by atoms with Gasteiger partial charge in [-0.2, -0.15) is 0 Å². The molecule has 1 heteroatoms. The van der Waals surface area contributed by atoms with Gasteiger partial charge in [-0.3, -0.25) is 0 Å². The van der Waals surface area contributed by atoms with Crippen LogP contribution in [0.4, 0.5) is 0 Å². The Kier molecular flexibility index (Phi) is 3.42. The van der Waals surface area contributed by atoms with E-state index in [2.05, 4.69) is 52.8 Å². The quantitative estimate of drug-likeness (QED) is 0.716. The highest BCUT2D eigenvalue weighted by Crippen LogP contribution is 2.29. The van der Waals surface area contributed by atoms with Gasteiger partial charge < -0.3 is 4.74 Å². The minimum Gasteiger partial charge on any atom is -0.457 e. The average molecular weight is 240 g/mol. The van der Waals surface area contributed by atoms with E-state index in [4.69, 9.17) is 4.74 Å². The van der Waals surface area contributed by atoms with Crippen LogP contribution in [0.5, 0.6) is 11.5 Å². The normalized spacial score (nSPS) is 10.5. The van der Waals surface area contributed by atoms with Gasteiger partial charge in [0.05, 0.1) is 0 Å². The van der Waals surface area contributed by atoms with Gasteiger partial charge in [0.25, 0.3) is 0 Å². The number of benzene rings is 2. The highest BCUT2D eigenvalue weighted by Gasteiger charge is 2.06. The minimum atomic E-state index is 0.907. The molecule has 1 nitrogen and oxygen atoms in total. The van der Waals surface area contributed by atoms with Crippen LogP contribution < -0.4 is 4.74 Å². The summed E-state index contributed by atoms with van der Waals surface area (Å²) in [7, 11) is 0. The van der Waals surface area contributed by atoms with Gasteiger partial charge in [0.2, 0.25) is 0 Å². The van der Waals surface area contributed by atoms with Crippen LogP contribution in [-0.2, 0) is 0 Å². The standard InChI is InChI=1S/C17H20O/c1-11-6-8-16(10-13(11)3)18-17-9-7-12(2)14(4)15(17)5/h6-10H,1-5H3. The highest BCUT2D eigenvalue weighted by atomic mass is 16.5. The maximum atomic E-state index is 5.98. The van der Waals surface area contributed by atoms with E-state index in [-0.39, 0.29) is 0 Å². The van der Waals surface area contributed by atoms with E-state index in [9.17, 15) is 0 Å². The lowest BCUT2D eigenvalue weighted by molar-refractivity contribution is 0.477. The van der Waals surface area contributed by atoms with Crippen molar-refractivity contribution in [2.45, 2.75) is 34.6 Å². The van der Waals surface area contributed by atoms with E-state index in [1.54, 1.807) is 0 Å². The molecular weight excluding hydrogens is 220 g/mol. The fourth-order valence-electron chi connectivity index (χ4n) is 1.95. The van der Waals surface area contributed by atoms with Crippen molar-refractivity contribution < 1.29 is 4.74 Å². The second kappa shape index (κ2) is 4.85. The van der Waals surface area contributed by atoms with Crippen molar-refractivity contribution in [3.05, 3.63) is 58.1 Å². The first kappa shape index (κ1) is 12.7. The van der Waals surface area contributed by atoms with Crippen LogP contribution in [0.1, 0.15) is 27.8 Å². The van der Waals surface area contributed by atoms with Crippen molar-refractivity contribution in [2.24, 2.45) is 0 Å². The summed E-state index contributed by atoms with van der Waals surface area (Å²) in [6.07, 6.45) is 0. The van der Waals surface area contributed by atoms with E-state index in [1.165, 1.54) is 27.8 Å². The van der Waals surface area contributed by atoms with E-state index in [0.29, 0.717) is 0 Å². The average Bonchev–Trinajstić information content (AvgIpc) is 2.34. The van der Waals surface area contributed by atoms with Crippen LogP contribution in [0.2, 0.25) is 0 Å². The molecule has 0 saturated heterocycles. The molecule has 2 aromatic rings. The Morgan fingerprint density at radius 1 is 0.667 bits per heavy atom. The molecule has 2 aromatic carbocycles. The third kappa shape index (κ3) is 2.40. The summed E-state index contributed by atoms with van der Waals surface area (Å²) in [5, 5.41) is 0. The first-order valence-electron chi connectivity index (χ1n) is 6.31. The van der Waals surface area contributed by atoms with E-state index in [0.717, 1.165) is 11.5 Å². The molecule has 94 valence electrons. The van der Waals surface area contributed by atoms with Gasteiger partial charge in [-0.1, -0.05) is 12.1 Å². The van der Waals surface area contributed by atoms with Gasteiger partial charge in [-0.25, -0.2) is 0 Å². The molecule has 18 heavy (non-hydrogen) atoms. The van der Waals surface area contributed by atoms with Crippen LogP contribution in [0.3, 0.4) is 0 Å². The Labute approximate surface area is 109 Å². The van der Waals surface area contributed by atoms with Crippen LogP contribution in [-0.4, -0.2) is 0 Å². The molecule has 0 amide bonds. The Bertz CT molecular complexity index is 582. The fourth-order valence-corrected chi connectivity index (χ4v) is 1.95. The third-order valence-corrected chi connectivity index (χ3v) is 3.71. The molecule has 0 aliphatic carbocycles. The Morgan fingerprint density at radius 3 is 2.00 bits per heavy atom. The molecule has 0 N–H and O–H groups in total. The van der Waals surface area contributed by atoms with Crippen LogP contribution >= 0.6 is 0 Å². The van der Waals surface area contributed by atoms with E-state index in [1.807, 2.05) is 12.1 Å². The number of ether oxygens (including phenoxy) is 1. The summed E-state index contributed by atoms with van der Waals surface area (Å²) in [5.74, 6) is 1.85. The third-order valence-electron chi connectivity index (χ3n) is 3.71. The molecule has 0 heterocycles. The van der Waals surface area contributed by atoms with Crippen LogP contribution in [0, 0.1) is 34.6 Å². The maximum Gasteiger partial charge on any atom is 0.130 e. The molecule has 0 unspecified atom stereocenters. The van der Waals surface area contributed by atoms with Gasteiger partial charge >= 0.3 is 0 Å². The first-order valence-corrected chi connectivity index (χ1v) is 6.31. The molecule has 0 atom stereocenters. The molecule has 0 saturated carbocycles. The summed E-state index contributed by atoms with van der Waals surface area (Å²) in [6, 6.07) is 10.4. The predicted molar refractivity (Wildman–Crippen MR) is 76.6 cm³/mol. The lowest BCUT2D eigenvalue weighted by atomic mass is 10.0. The molecule has 0 spiro atoms. The van der Waals surface area contributed by atoms with Crippen molar-refractivity contribution in [1.82, 2.24) is 0 Å². The molecule has 0 bridgehead atoms. The molecule has 0 fully saturated rings. The number of rotatable bonds is 2. The summed E-state index contributed by atoms with van der Waals surface area (Å²) in [4.78, 5) is 0. The van der Waals surface area contributed by atoms with Crippen molar-refractivity contribution in [2.75, 3.05) is 0 Å². The zero-order valence-electron chi connectivity index (χ0n) is 11.8. The summed E-state index contributed by atoms with van der Waals surface area (Å²) < 4.78 is 5.98. The Balaban J connectivity index is 2.34. The molecule has 0 aromatic heterocycles. The highest BCUT2D eigenvalue weighted by molar-refractivity contribution is 5.45. The van der Waals surface area contributed by atoms with Gasteiger partial charge in [0.1, 0.15) is 11.5 Å². The van der Waals surface area contributed by atoms with Crippen molar-refractivity contribution in [3.63, 3.8) is 0 Å². The zero-order valence-corrected chi connectivity index (χ0v) is 11.8. The van der Waals surface area contributed by atoms with E-state index < -0.39 is 0 Å². The second-order valence-electron chi connectivity index (χ2n) is 4.98. The van der Waals surface area contributed by atoms with Crippen molar-refractivity contribution in [1.29, 1.82) is 0 Å². The molecule has 2 rings (SSSR count). The summed E-state index contributed by atoms with van der Waals surface area (Å²) in [5.41, 5.74) is 6.37. The van der Waals surface area contributed by atoms with Gasteiger partial charge in [0, 0.05) is 0 Å². The summed E-state index contributed by atoms with van der Waals surface area (Å²) in [6.45, 7) is 10.6. The maximum absolute atomic E-state index is 5.98. The van der Waals surface area contributed by atoms with Gasteiger partial charge in [-0.05, 0) is 80.6 Å². The Morgan fingerprint density at radius 2 is 1.33 bits per heavy atom. The zero-order chi connectivity index (χ0) is 13.3. The minimum absolute atomic E-state index is 0.907. The smallest absolute Gasteiger partial charge is 0.130 e. The number of hydrogen-bond donors (Lipinski definition) is 0.